The molecule has 19 heavy (non-hydrogen) atoms. The summed E-state index contributed by atoms with van der Waals surface area (Å²) < 4.78 is 0. The van der Waals surface area contributed by atoms with Crippen LogP contribution >= 0.6 is 22.9 Å². The molecule has 0 saturated carbocycles. The van der Waals surface area contributed by atoms with E-state index in [1.165, 1.54) is 11.3 Å². The molecule has 0 aliphatic heterocycles. The van der Waals surface area contributed by atoms with Gasteiger partial charge in [-0.05, 0) is 26.0 Å². The normalized spacial score (nSPS) is 12.2. The monoisotopic (exact) mass is 296 g/mol. The van der Waals surface area contributed by atoms with E-state index in [4.69, 9.17) is 17.3 Å². The van der Waals surface area contributed by atoms with Gasteiger partial charge in [0.25, 0.3) is 5.91 Å². The van der Waals surface area contributed by atoms with E-state index in [0.717, 1.165) is 9.88 Å². The number of nitrogen functional groups attached to an aromatic ring is 1. The molecule has 2 heterocycles. The van der Waals surface area contributed by atoms with Gasteiger partial charge in [-0.3, -0.25) is 4.79 Å². The fourth-order valence-corrected chi connectivity index (χ4v) is 2.48. The van der Waals surface area contributed by atoms with Crippen molar-refractivity contribution in [1.29, 1.82) is 0 Å². The van der Waals surface area contributed by atoms with Crippen molar-refractivity contribution in [3.63, 3.8) is 0 Å². The maximum atomic E-state index is 12.1. The molecule has 1 unspecified atom stereocenters. The highest BCUT2D eigenvalue weighted by Gasteiger charge is 2.17. The topological polar surface area (TPSA) is 80.9 Å². The van der Waals surface area contributed by atoms with Gasteiger partial charge < -0.3 is 11.1 Å². The number of nitrogens with one attached hydrogen (secondary N) is 1. The average molecular weight is 297 g/mol. The summed E-state index contributed by atoms with van der Waals surface area (Å²) >= 11 is 7.47. The second-order valence-electron chi connectivity index (χ2n) is 4.07. The quantitative estimate of drug-likeness (QED) is 0.912. The number of aromatic nitrogens is 2. The Labute approximate surface area is 119 Å². The molecule has 0 saturated heterocycles. The fraction of sp³-hybridized carbons (Fsp3) is 0.250. The van der Waals surface area contributed by atoms with Gasteiger partial charge in [-0.2, -0.15) is 0 Å². The van der Waals surface area contributed by atoms with Crippen LogP contribution < -0.4 is 11.1 Å². The highest BCUT2D eigenvalue weighted by molar-refractivity contribution is 7.11. The maximum absolute atomic E-state index is 12.1. The lowest BCUT2D eigenvalue weighted by Crippen LogP contribution is -2.27. The van der Waals surface area contributed by atoms with Gasteiger partial charge in [0.2, 0.25) is 0 Å². The van der Waals surface area contributed by atoms with Gasteiger partial charge in [-0.1, -0.05) is 11.6 Å². The Balaban J connectivity index is 2.15. The molecule has 1 atom stereocenters. The first-order valence-electron chi connectivity index (χ1n) is 5.62. The van der Waals surface area contributed by atoms with Crippen molar-refractivity contribution in [2.24, 2.45) is 0 Å². The second-order valence-corrected chi connectivity index (χ2v) is 5.74. The summed E-state index contributed by atoms with van der Waals surface area (Å²) in [5.74, 6) is -0.107. The molecule has 0 aromatic carbocycles. The zero-order valence-electron chi connectivity index (χ0n) is 10.5. The molecule has 0 aliphatic carbocycles. The molecule has 3 N–H and O–H groups in total. The number of amides is 1. The summed E-state index contributed by atoms with van der Waals surface area (Å²) in [6.07, 6.45) is 1.77. The number of hydrogen-bond donors (Lipinski definition) is 2. The van der Waals surface area contributed by atoms with E-state index >= 15 is 0 Å². The zero-order valence-corrected chi connectivity index (χ0v) is 12.0. The van der Waals surface area contributed by atoms with Crippen molar-refractivity contribution < 1.29 is 4.79 Å². The Morgan fingerprint density at radius 1 is 1.53 bits per heavy atom. The Kier molecular flexibility index (Phi) is 4.01. The molecule has 2 aromatic heterocycles. The number of nitrogens with zero attached hydrogens (tertiary/aromatic N) is 2. The Bertz CT molecular complexity index is 614. The summed E-state index contributed by atoms with van der Waals surface area (Å²) in [6.45, 7) is 3.82. The lowest BCUT2D eigenvalue weighted by Gasteiger charge is -2.11. The predicted octanol–water partition coefficient (Wildman–Crippen LogP) is 2.57. The second kappa shape index (κ2) is 5.54. The average Bonchev–Trinajstić information content (AvgIpc) is 2.79. The molecular formula is C12H13ClN4OS. The van der Waals surface area contributed by atoms with Crippen LogP contribution in [0.25, 0.3) is 0 Å². The smallest absolute Gasteiger partial charge is 0.272 e. The van der Waals surface area contributed by atoms with Crippen molar-refractivity contribution in [2.75, 3.05) is 5.73 Å². The van der Waals surface area contributed by atoms with Gasteiger partial charge in [0.05, 0.1) is 11.1 Å². The first-order valence-corrected chi connectivity index (χ1v) is 6.82. The van der Waals surface area contributed by atoms with Gasteiger partial charge in [-0.15, -0.1) is 11.3 Å². The minimum Gasteiger partial charge on any atom is -0.384 e. The minimum absolute atomic E-state index is 0.127. The van der Waals surface area contributed by atoms with E-state index in [0.29, 0.717) is 0 Å². The van der Waals surface area contributed by atoms with Crippen LogP contribution in [0.4, 0.5) is 5.82 Å². The molecule has 0 spiro atoms. The summed E-state index contributed by atoms with van der Waals surface area (Å²) in [6, 6.07) is 2.90. The highest BCUT2D eigenvalue weighted by atomic mass is 35.5. The van der Waals surface area contributed by atoms with Crippen LogP contribution in [0, 0.1) is 6.92 Å². The van der Waals surface area contributed by atoms with Crippen LogP contribution in [0.15, 0.2) is 18.3 Å². The van der Waals surface area contributed by atoms with Crippen molar-refractivity contribution in [2.45, 2.75) is 19.9 Å². The van der Waals surface area contributed by atoms with Gasteiger partial charge in [0, 0.05) is 11.1 Å². The number of aryl methyl sites for hydroxylation is 1. The van der Waals surface area contributed by atoms with Crippen molar-refractivity contribution in [3.8, 4) is 0 Å². The molecule has 0 fully saturated rings. The number of pyridine rings is 1. The van der Waals surface area contributed by atoms with Crippen LogP contribution in [0.1, 0.15) is 33.3 Å². The van der Waals surface area contributed by atoms with Crippen molar-refractivity contribution >= 4 is 34.7 Å². The summed E-state index contributed by atoms with van der Waals surface area (Å²) in [4.78, 5) is 21.3. The van der Waals surface area contributed by atoms with E-state index in [2.05, 4.69) is 15.3 Å². The highest BCUT2D eigenvalue weighted by Crippen LogP contribution is 2.20. The van der Waals surface area contributed by atoms with Crippen LogP contribution in [-0.2, 0) is 0 Å². The zero-order chi connectivity index (χ0) is 14.0. The van der Waals surface area contributed by atoms with Gasteiger partial charge in [0.15, 0.2) is 0 Å². The van der Waals surface area contributed by atoms with Crippen LogP contribution in [0.2, 0.25) is 5.02 Å². The molecule has 0 radical (unpaired) electrons. The minimum atomic E-state index is -0.363. The largest absolute Gasteiger partial charge is 0.384 e. The first-order chi connectivity index (χ1) is 8.97. The lowest BCUT2D eigenvalue weighted by molar-refractivity contribution is 0.0935. The molecule has 5 nitrogen and oxygen atoms in total. The van der Waals surface area contributed by atoms with Crippen LogP contribution in [-0.4, -0.2) is 15.9 Å². The molecule has 2 aromatic rings. The van der Waals surface area contributed by atoms with E-state index in [1.807, 2.05) is 13.8 Å². The van der Waals surface area contributed by atoms with Crippen molar-refractivity contribution in [3.05, 3.63) is 38.9 Å². The third-order valence-corrected chi connectivity index (χ3v) is 3.84. The summed E-state index contributed by atoms with van der Waals surface area (Å²) in [5.41, 5.74) is 5.68. The number of carbonyl (C=O) groups is 1. The molecule has 7 heteroatoms. The number of thiazole rings is 1. The SMILES string of the molecule is Cc1cnc(C(C)NC(=O)c2nc(N)ccc2Cl)s1. The predicted molar refractivity (Wildman–Crippen MR) is 76.4 cm³/mol. The Hall–Kier alpha value is -1.66. The Morgan fingerprint density at radius 2 is 2.26 bits per heavy atom. The van der Waals surface area contributed by atoms with Crippen LogP contribution in [0.3, 0.4) is 0 Å². The van der Waals surface area contributed by atoms with E-state index < -0.39 is 0 Å². The third-order valence-electron chi connectivity index (χ3n) is 2.44. The Morgan fingerprint density at radius 3 is 2.89 bits per heavy atom. The van der Waals surface area contributed by atoms with E-state index in [9.17, 15) is 4.79 Å². The van der Waals surface area contributed by atoms with Gasteiger partial charge >= 0.3 is 0 Å². The standard InChI is InChI=1S/C12H13ClN4OS/c1-6-5-15-12(19-6)7(2)16-11(18)10-8(13)3-4-9(14)17-10/h3-5,7H,1-2H3,(H2,14,17)(H,16,18). The summed E-state index contributed by atoms with van der Waals surface area (Å²) in [7, 11) is 0. The van der Waals surface area contributed by atoms with Crippen LogP contribution in [0.5, 0.6) is 0 Å². The first kappa shape index (κ1) is 13.8. The van der Waals surface area contributed by atoms with E-state index in [-0.39, 0.29) is 28.5 Å². The molecule has 0 aliphatic rings. The fourth-order valence-electron chi connectivity index (χ4n) is 1.52. The number of rotatable bonds is 3. The third kappa shape index (κ3) is 3.21. The van der Waals surface area contributed by atoms with Gasteiger partial charge in [0.1, 0.15) is 16.5 Å². The number of hydrogen-bond acceptors (Lipinski definition) is 5. The number of nitrogens with two attached hydrogens (primary N) is 1. The maximum Gasteiger partial charge on any atom is 0.272 e. The molecule has 0 bridgehead atoms. The molecule has 100 valence electrons. The lowest BCUT2D eigenvalue weighted by atomic mass is 10.3. The summed E-state index contributed by atoms with van der Waals surface area (Å²) in [5, 5.41) is 3.91. The number of anilines is 1. The van der Waals surface area contributed by atoms with E-state index in [1.54, 1.807) is 18.3 Å². The number of carbonyl (C=O) groups excluding carboxylic acids is 1. The molecule has 1 amide bonds. The number of halogens is 1. The molecule has 2 rings (SSSR count). The van der Waals surface area contributed by atoms with Crippen molar-refractivity contribution in [1.82, 2.24) is 15.3 Å². The molecular weight excluding hydrogens is 284 g/mol. The van der Waals surface area contributed by atoms with Gasteiger partial charge in [-0.25, -0.2) is 9.97 Å².